The Kier molecular flexibility index (Phi) is 3.48. The van der Waals surface area contributed by atoms with Gasteiger partial charge in [-0.1, -0.05) is 12.5 Å². The number of hydrogen-bond acceptors (Lipinski definition) is 2. The molecule has 0 bridgehead atoms. The Bertz CT molecular complexity index is 460. The summed E-state index contributed by atoms with van der Waals surface area (Å²) in [5.41, 5.74) is 1.38. The zero-order valence-corrected chi connectivity index (χ0v) is 11.5. The van der Waals surface area contributed by atoms with Crippen LogP contribution in [0.1, 0.15) is 50.7 Å². The smallest absolute Gasteiger partial charge is 0.146 e. The van der Waals surface area contributed by atoms with Crippen molar-refractivity contribution in [3.05, 3.63) is 29.6 Å². The quantitative estimate of drug-likeness (QED) is 0.880. The molecular weight excluding hydrogens is 241 g/mol. The maximum Gasteiger partial charge on any atom is 0.146 e. The highest BCUT2D eigenvalue weighted by atomic mass is 19.1. The van der Waals surface area contributed by atoms with Crippen LogP contribution >= 0.6 is 0 Å². The van der Waals surface area contributed by atoms with Crippen molar-refractivity contribution in [1.82, 2.24) is 0 Å². The highest BCUT2D eigenvalue weighted by Crippen LogP contribution is 2.40. The van der Waals surface area contributed by atoms with Gasteiger partial charge in [-0.25, -0.2) is 4.39 Å². The van der Waals surface area contributed by atoms with E-state index in [1.54, 1.807) is 6.92 Å². The van der Waals surface area contributed by atoms with Crippen molar-refractivity contribution in [3.8, 4) is 0 Å². The highest BCUT2D eigenvalue weighted by Gasteiger charge is 2.35. The van der Waals surface area contributed by atoms with Crippen LogP contribution in [0.4, 0.5) is 10.1 Å². The number of piperidine rings is 1. The Balaban J connectivity index is 1.88. The number of anilines is 1. The Labute approximate surface area is 114 Å². The second kappa shape index (κ2) is 5.12. The van der Waals surface area contributed by atoms with Crippen molar-refractivity contribution in [3.63, 3.8) is 0 Å². The monoisotopic (exact) mass is 263 g/mol. The molecule has 0 spiro atoms. The number of rotatable bonds is 2. The summed E-state index contributed by atoms with van der Waals surface area (Å²) in [4.78, 5) is 2.27. The summed E-state index contributed by atoms with van der Waals surface area (Å²) < 4.78 is 14.3. The fourth-order valence-corrected chi connectivity index (χ4v) is 3.77. The van der Waals surface area contributed by atoms with Crippen LogP contribution in [0.25, 0.3) is 0 Å². The van der Waals surface area contributed by atoms with E-state index >= 15 is 0 Å². The number of aliphatic hydroxyl groups excluding tert-OH is 1. The fraction of sp³-hybridized carbons (Fsp3) is 0.625. The maximum atomic E-state index is 14.3. The van der Waals surface area contributed by atoms with Gasteiger partial charge in [-0.3, -0.25) is 0 Å². The second-order valence-electron chi connectivity index (χ2n) is 5.98. The van der Waals surface area contributed by atoms with E-state index in [9.17, 15) is 9.50 Å². The molecule has 1 aliphatic carbocycles. The molecule has 19 heavy (non-hydrogen) atoms. The van der Waals surface area contributed by atoms with Crippen molar-refractivity contribution in [1.29, 1.82) is 0 Å². The van der Waals surface area contributed by atoms with Gasteiger partial charge in [0.1, 0.15) is 5.82 Å². The van der Waals surface area contributed by atoms with Crippen molar-refractivity contribution in [2.75, 3.05) is 11.4 Å². The summed E-state index contributed by atoms with van der Waals surface area (Å²) in [6.45, 7) is 2.63. The van der Waals surface area contributed by atoms with Gasteiger partial charge in [-0.2, -0.15) is 0 Å². The Morgan fingerprint density at radius 2 is 2.05 bits per heavy atom. The van der Waals surface area contributed by atoms with E-state index < -0.39 is 6.10 Å². The molecule has 2 unspecified atom stereocenters. The van der Waals surface area contributed by atoms with E-state index in [0.717, 1.165) is 18.2 Å². The van der Waals surface area contributed by atoms with Crippen LogP contribution in [0.3, 0.4) is 0 Å². The van der Waals surface area contributed by atoms with E-state index in [0.29, 0.717) is 11.6 Å². The molecule has 1 N–H and O–H groups in total. The van der Waals surface area contributed by atoms with Gasteiger partial charge >= 0.3 is 0 Å². The molecule has 3 atom stereocenters. The predicted molar refractivity (Wildman–Crippen MR) is 74.7 cm³/mol. The Morgan fingerprint density at radius 3 is 2.79 bits per heavy atom. The molecule has 1 aromatic carbocycles. The van der Waals surface area contributed by atoms with Gasteiger partial charge in [0.15, 0.2) is 0 Å². The first-order valence-electron chi connectivity index (χ1n) is 7.41. The SMILES string of the molecule is C[C@@H](O)c1ccc(N2CCCC3CCCC32)c(F)c1. The van der Waals surface area contributed by atoms with Crippen molar-refractivity contribution in [2.24, 2.45) is 5.92 Å². The van der Waals surface area contributed by atoms with Gasteiger partial charge in [0.2, 0.25) is 0 Å². The van der Waals surface area contributed by atoms with E-state index in [-0.39, 0.29) is 5.82 Å². The fourth-order valence-electron chi connectivity index (χ4n) is 3.77. The molecule has 2 fully saturated rings. The van der Waals surface area contributed by atoms with E-state index in [1.165, 1.54) is 38.2 Å². The number of aliphatic hydroxyl groups is 1. The van der Waals surface area contributed by atoms with Gasteiger partial charge in [-0.05, 0) is 56.2 Å². The number of halogens is 1. The molecule has 2 aliphatic rings. The number of benzene rings is 1. The van der Waals surface area contributed by atoms with Gasteiger partial charge in [0.25, 0.3) is 0 Å². The largest absolute Gasteiger partial charge is 0.389 e. The standard InChI is InChI=1S/C16H22FNO/c1-11(19)13-7-8-16(14(17)10-13)18-9-3-5-12-4-2-6-15(12)18/h7-8,10-12,15,19H,2-6,9H2,1H3/t11-,12?,15?/m1/s1. The van der Waals surface area contributed by atoms with Crippen LogP contribution in [-0.4, -0.2) is 17.7 Å². The van der Waals surface area contributed by atoms with Crippen LogP contribution in [0.2, 0.25) is 0 Å². The van der Waals surface area contributed by atoms with Crippen LogP contribution in [0, 0.1) is 11.7 Å². The topological polar surface area (TPSA) is 23.5 Å². The molecule has 1 saturated heterocycles. The van der Waals surface area contributed by atoms with Crippen LogP contribution < -0.4 is 4.90 Å². The maximum absolute atomic E-state index is 14.3. The van der Waals surface area contributed by atoms with Crippen molar-refractivity contribution >= 4 is 5.69 Å². The molecule has 0 amide bonds. The molecule has 1 aromatic rings. The molecule has 0 aromatic heterocycles. The lowest BCUT2D eigenvalue weighted by atomic mass is 9.91. The van der Waals surface area contributed by atoms with Crippen LogP contribution in [0.15, 0.2) is 18.2 Å². The first kappa shape index (κ1) is 12.9. The Morgan fingerprint density at radius 1 is 1.26 bits per heavy atom. The van der Waals surface area contributed by atoms with Crippen LogP contribution in [0.5, 0.6) is 0 Å². The highest BCUT2D eigenvalue weighted by molar-refractivity contribution is 5.51. The lowest BCUT2D eigenvalue weighted by Crippen LogP contribution is -2.43. The van der Waals surface area contributed by atoms with Crippen molar-refractivity contribution < 1.29 is 9.50 Å². The van der Waals surface area contributed by atoms with Gasteiger partial charge in [-0.15, -0.1) is 0 Å². The first-order valence-corrected chi connectivity index (χ1v) is 7.41. The number of hydrogen-bond donors (Lipinski definition) is 1. The summed E-state index contributed by atoms with van der Waals surface area (Å²) in [5, 5.41) is 9.52. The number of fused-ring (bicyclic) bond motifs is 1. The van der Waals surface area contributed by atoms with Gasteiger partial charge in [0.05, 0.1) is 11.8 Å². The third-order valence-electron chi connectivity index (χ3n) is 4.76. The normalized spacial score (nSPS) is 28.3. The molecule has 1 saturated carbocycles. The summed E-state index contributed by atoms with van der Waals surface area (Å²) >= 11 is 0. The van der Waals surface area contributed by atoms with Crippen LogP contribution in [-0.2, 0) is 0 Å². The summed E-state index contributed by atoms with van der Waals surface area (Å²) in [6.07, 6.45) is 5.63. The predicted octanol–water partition coefficient (Wildman–Crippen LogP) is 3.65. The summed E-state index contributed by atoms with van der Waals surface area (Å²) in [5.74, 6) is 0.565. The second-order valence-corrected chi connectivity index (χ2v) is 5.98. The zero-order valence-electron chi connectivity index (χ0n) is 11.5. The Hall–Kier alpha value is -1.09. The molecule has 1 heterocycles. The minimum Gasteiger partial charge on any atom is -0.389 e. The van der Waals surface area contributed by atoms with Gasteiger partial charge in [0, 0.05) is 12.6 Å². The molecule has 104 valence electrons. The zero-order chi connectivity index (χ0) is 13.4. The third-order valence-corrected chi connectivity index (χ3v) is 4.76. The van der Waals surface area contributed by atoms with Gasteiger partial charge < -0.3 is 10.0 Å². The molecule has 3 rings (SSSR count). The molecule has 3 heteroatoms. The van der Waals surface area contributed by atoms with E-state index in [2.05, 4.69) is 4.90 Å². The average molecular weight is 263 g/mol. The van der Waals surface area contributed by atoms with E-state index in [1.807, 2.05) is 12.1 Å². The third kappa shape index (κ3) is 2.36. The molecule has 1 aliphatic heterocycles. The molecule has 2 nitrogen and oxygen atoms in total. The lowest BCUT2D eigenvalue weighted by Gasteiger charge is -2.39. The summed E-state index contributed by atoms with van der Waals surface area (Å²) in [7, 11) is 0. The number of nitrogens with zero attached hydrogens (tertiary/aromatic N) is 1. The lowest BCUT2D eigenvalue weighted by molar-refractivity contribution is 0.199. The molecular formula is C16H22FNO. The van der Waals surface area contributed by atoms with Crippen molar-refractivity contribution in [2.45, 2.75) is 51.2 Å². The molecule has 0 radical (unpaired) electrons. The first-order chi connectivity index (χ1) is 9.16. The minimum atomic E-state index is -0.607. The minimum absolute atomic E-state index is 0.189. The average Bonchev–Trinajstić information content (AvgIpc) is 2.86. The summed E-state index contributed by atoms with van der Waals surface area (Å²) in [6, 6.07) is 5.71. The van der Waals surface area contributed by atoms with E-state index in [4.69, 9.17) is 0 Å².